The summed E-state index contributed by atoms with van der Waals surface area (Å²) in [6.45, 7) is 0. The maximum absolute atomic E-state index is 13.1. The van der Waals surface area contributed by atoms with Gasteiger partial charge in [0, 0.05) is 12.5 Å². The minimum absolute atomic E-state index is 0.0648. The predicted molar refractivity (Wildman–Crippen MR) is 78.7 cm³/mol. The van der Waals surface area contributed by atoms with E-state index in [0.29, 0.717) is 5.56 Å². The SMILES string of the molecule is O=C(NC1CCS(=O)(=O)C1)NC(Cc1ccccc1)C(F)(F)F. The van der Waals surface area contributed by atoms with Crippen molar-refractivity contribution in [3.05, 3.63) is 35.9 Å². The second-order valence-electron chi connectivity index (χ2n) is 5.50. The van der Waals surface area contributed by atoms with Crippen LogP contribution in [0.4, 0.5) is 18.0 Å². The number of hydrogen-bond donors (Lipinski definition) is 2. The number of nitrogens with one attached hydrogen (secondary N) is 2. The Labute approximate surface area is 132 Å². The molecule has 1 aromatic rings. The van der Waals surface area contributed by atoms with E-state index in [1.54, 1.807) is 30.3 Å². The molecule has 2 N–H and O–H groups in total. The quantitative estimate of drug-likeness (QED) is 0.867. The van der Waals surface area contributed by atoms with E-state index in [1.807, 2.05) is 5.32 Å². The van der Waals surface area contributed by atoms with Gasteiger partial charge in [-0.15, -0.1) is 0 Å². The summed E-state index contributed by atoms with van der Waals surface area (Å²) in [5.41, 5.74) is 0.443. The van der Waals surface area contributed by atoms with Gasteiger partial charge in [0.1, 0.15) is 6.04 Å². The molecule has 0 saturated carbocycles. The molecular formula is C14H17F3N2O3S. The van der Waals surface area contributed by atoms with Crippen LogP contribution in [0.25, 0.3) is 0 Å². The van der Waals surface area contributed by atoms with E-state index in [9.17, 15) is 26.4 Å². The largest absolute Gasteiger partial charge is 0.408 e. The zero-order valence-electron chi connectivity index (χ0n) is 12.1. The fourth-order valence-electron chi connectivity index (χ4n) is 2.39. The van der Waals surface area contributed by atoms with Crippen molar-refractivity contribution in [3.8, 4) is 0 Å². The van der Waals surface area contributed by atoms with Crippen LogP contribution in [-0.4, -0.2) is 44.2 Å². The number of alkyl halides is 3. The van der Waals surface area contributed by atoms with Gasteiger partial charge in [-0.1, -0.05) is 30.3 Å². The number of carbonyl (C=O) groups excluding carboxylic acids is 1. The van der Waals surface area contributed by atoms with Crippen molar-refractivity contribution < 1.29 is 26.4 Å². The Morgan fingerprint density at radius 1 is 1.26 bits per heavy atom. The number of rotatable bonds is 4. The molecule has 23 heavy (non-hydrogen) atoms. The molecule has 2 amide bonds. The van der Waals surface area contributed by atoms with Gasteiger partial charge in [0.05, 0.1) is 11.5 Å². The molecule has 2 unspecified atom stereocenters. The van der Waals surface area contributed by atoms with E-state index in [2.05, 4.69) is 5.32 Å². The molecule has 0 spiro atoms. The molecule has 2 atom stereocenters. The van der Waals surface area contributed by atoms with E-state index in [4.69, 9.17) is 0 Å². The predicted octanol–water partition coefficient (Wildman–Crippen LogP) is 1.65. The lowest BCUT2D eigenvalue weighted by Crippen LogP contribution is -2.52. The number of urea groups is 1. The summed E-state index contributed by atoms with van der Waals surface area (Å²) in [5.74, 6) is -0.305. The first-order chi connectivity index (χ1) is 10.7. The molecule has 0 aromatic heterocycles. The Balaban J connectivity index is 1.96. The van der Waals surface area contributed by atoms with Crippen molar-refractivity contribution in [2.45, 2.75) is 31.1 Å². The van der Waals surface area contributed by atoms with Gasteiger partial charge in [-0.2, -0.15) is 13.2 Å². The molecule has 1 fully saturated rings. The number of hydrogen-bond acceptors (Lipinski definition) is 3. The van der Waals surface area contributed by atoms with Crippen molar-refractivity contribution in [2.24, 2.45) is 0 Å². The molecule has 2 rings (SSSR count). The van der Waals surface area contributed by atoms with Gasteiger partial charge < -0.3 is 10.6 Å². The van der Waals surface area contributed by atoms with E-state index in [-0.39, 0.29) is 24.3 Å². The maximum atomic E-state index is 13.1. The second-order valence-corrected chi connectivity index (χ2v) is 7.73. The molecule has 1 saturated heterocycles. The normalized spacial score (nSPS) is 21.6. The Morgan fingerprint density at radius 3 is 2.43 bits per heavy atom. The van der Waals surface area contributed by atoms with Gasteiger partial charge in [0.25, 0.3) is 0 Å². The third kappa shape index (κ3) is 5.42. The molecule has 9 heteroatoms. The fourth-order valence-corrected chi connectivity index (χ4v) is 4.07. The smallest absolute Gasteiger partial charge is 0.334 e. The van der Waals surface area contributed by atoms with Crippen molar-refractivity contribution in [1.82, 2.24) is 10.6 Å². The lowest BCUT2D eigenvalue weighted by Gasteiger charge is -2.23. The van der Waals surface area contributed by atoms with Gasteiger partial charge in [0.15, 0.2) is 9.84 Å². The zero-order valence-corrected chi connectivity index (χ0v) is 13.0. The summed E-state index contributed by atoms with van der Waals surface area (Å²) >= 11 is 0. The first-order valence-corrected chi connectivity index (χ1v) is 8.86. The topological polar surface area (TPSA) is 75.3 Å². The molecule has 1 aliphatic rings. The van der Waals surface area contributed by atoms with E-state index < -0.39 is 34.1 Å². The molecule has 1 aromatic carbocycles. The van der Waals surface area contributed by atoms with Crippen molar-refractivity contribution >= 4 is 15.9 Å². The molecule has 0 bridgehead atoms. The number of amides is 2. The number of carbonyl (C=O) groups is 1. The monoisotopic (exact) mass is 350 g/mol. The average molecular weight is 350 g/mol. The minimum Gasteiger partial charge on any atom is -0.334 e. The van der Waals surface area contributed by atoms with Crippen LogP contribution in [0.1, 0.15) is 12.0 Å². The van der Waals surface area contributed by atoms with Crippen LogP contribution in [0.2, 0.25) is 0 Å². The van der Waals surface area contributed by atoms with E-state index in [1.165, 1.54) is 0 Å². The summed E-state index contributed by atoms with van der Waals surface area (Å²) < 4.78 is 61.8. The number of halogens is 3. The molecule has 1 heterocycles. The first-order valence-electron chi connectivity index (χ1n) is 7.04. The molecule has 0 radical (unpaired) electrons. The maximum Gasteiger partial charge on any atom is 0.408 e. The Bertz CT molecular complexity index is 647. The van der Waals surface area contributed by atoms with Crippen LogP contribution >= 0.6 is 0 Å². The standard InChI is InChI=1S/C14H17F3N2O3S/c15-14(16,17)12(8-10-4-2-1-3-5-10)19-13(20)18-11-6-7-23(21,22)9-11/h1-5,11-12H,6-9H2,(H2,18,19,20). The summed E-state index contributed by atoms with van der Waals surface area (Å²) in [7, 11) is -3.21. The summed E-state index contributed by atoms with van der Waals surface area (Å²) in [6, 6.07) is 4.31. The van der Waals surface area contributed by atoms with Crippen molar-refractivity contribution in [1.29, 1.82) is 0 Å². The minimum atomic E-state index is -4.60. The molecular weight excluding hydrogens is 333 g/mol. The first kappa shape index (κ1) is 17.6. The highest BCUT2D eigenvalue weighted by Crippen LogP contribution is 2.23. The summed E-state index contributed by atoms with van der Waals surface area (Å²) in [6.07, 6.45) is -4.78. The van der Waals surface area contributed by atoms with Crippen LogP contribution in [0.15, 0.2) is 30.3 Å². The van der Waals surface area contributed by atoms with E-state index >= 15 is 0 Å². The van der Waals surface area contributed by atoms with Gasteiger partial charge in [-0.25, -0.2) is 13.2 Å². The Kier molecular flexibility index (Phi) is 5.18. The van der Waals surface area contributed by atoms with Gasteiger partial charge >= 0.3 is 12.2 Å². The van der Waals surface area contributed by atoms with Crippen LogP contribution in [0, 0.1) is 0 Å². The van der Waals surface area contributed by atoms with E-state index in [0.717, 1.165) is 0 Å². The summed E-state index contributed by atoms with van der Waals surface area (Å²) in [4.78, 5) is 11.7. The molecule has 128 valence electrons. The highest BCUT2D eigenvalue weighted by molar-refractivity contribution is 7.91. The number of benzene rings is 1. The third-order valence-electron chi connectivity index (χ3n) is 3.55. The lowest BCUT2D eigenvalue weighted by molar-refractivity contribution is -0.152. The van der Waals surface area contributed by atoms with Crippen LogP contribution < -0.4 is 10.6 Å². The lowest BCUT2D eigenvalue weighted by atomic mass is 10.1. The zero-order chi connectivity index (χ0) is 17.1. The van der Waals surface area contributed by atoms with Crippen molar-refractivity contribution in [3.63, 3.8) is 0 Å². The Morgan fingerprint density at radius 2 is 1.91 bits per heavy atom. The van der Waals surface area contributed by atoms with Gasteiger partial charge in [-0.05, 0) is 12.0 Å². The molecule has 0 aliphatic carbocycles. The van der Waals surface area contributed by atoms with Crippen LogP contribution in [-0.2, 0) is 16.3 Å². The highest BCUT2D eigenvalue weighted by Gasteiger charge is 2.41. The van der Waals surface area contributed by atoms with Crippen LogP contribution in [0.3, 0.4) is 0 Å². The van der Waals surface area contributed by atoms with Gasteiger partial charge in [0.2, 0.25) is 0 Å². The number of sulfone groups is 1. The fraction of sp³-hybridized carbons (Fsp3) is 0.500. The van der Waals surface area contributed by atoms with Gasteiger partial charge in [-0.3, -0.25) is 0 Å². The molecule has 5 nitrogen and oxygen atoms in total. The van der Waals surface area contributed by atoms with Crippen LogP contribution in [0.5, 0.6) is 0 Å². The average Bonchev–Trinajstić information content (AvgIpc) is 2.77. The molecule has 1 aliphatic heterocycles. The Hall–Kier alpha value is -1.77. The summed E-state index contributed by atoms with van der Waals surface area (Å²) in [5, 5.41) is 4.18. The third-order valence-corrected chi connectivity index (χ3v) is 5.32. The van der Waals surface area contributed by atoms with Crippen molar-refractivity contribution in [2.75, 3.05) is 11.5 Å². The second kappa shape index (κ2) is 6.77. The highest BCUT2D eigenvalue weighted by atomic mass is 32.2.